The molecule has 0 aliphatic carbocycles. The van der Waals surface area contributed by atoms with Gasteiger partial charge in [-0.25, -0.2) is 0 Å². The summed E-state index contributed by atoms with van der Waals surface area (Å²) in [4.78, 5) is 2.38. The van der Waals surface area contributed by atoms with Gasteiger partial charge in [0, 0.05) is 23.9 Å². The van der Waals surface area contributed by atoms with Crippen LogP contribution in [0.15, 0.2) is 24.3 Å². The van der Waals surface area contributed by atoms with Crippen molar-refractivity contribution < 1.29 is 0 Å². The smallest absolute Gasteiger partial charge is 0.156 e. The minimum absolute atomic E-state index is 0.715. The molecule has 1 aliphatic rings. The van der Waals surface area contributed by atoms with Crippen LogP contribution in [-0.2, 0) is 0 Å². The Kier molecular flexibility index (Phi) is 3.34. The molecule has 1 aromatic carbocycles. The Balaban J connectivity index is 1.79. The molecule has 2 aromatic rings. The average Bonchev–Trinajstić information content (AvgIpc) is 2.84. The van der Waals surface area contributed by atoms with E-state index < -0.39 is 0 Å². The third-order valence-corrected chi connectivity index (χ3v) is 3.92. The molecule has 1 atom stereocenters. The Morgan fingerprint density at radius 1 is 1.26 bits per heavy atom. The lowest BCUT2D eigenvalue weighted by molar-refractivity contribution is 0.399. The average molecular weight is 256 g/mol. The fourth-order valence-corrected chi connectivity index (χ4v) is 2.80. The first-order valence-electron chi connectivity index (χ1n) is 6.88. The molecular weight excluding hydrogens is 236 g/mol. The highest BCUT2D eigenvalue weighted by molar-refractivity contribution is 5.92. The highest BCUT2D eigenvalue weighted by Crippen LogP contribution is 2.23. The van der Waals surface area contributed by atoms with E-state index in [0.717, 1.165) is 18.1 Å². The summed E-state index contributed by atoms with van der Waals surface area (Å²) in [6.45, 7) is 5.36. The highest BCUT2D eigenvalue weighted by Gasteiger charge is 2.19. The van der Waals surface area contributed by atoms with Crippen LogP contribution in [0.25, 0.3) is 10.8 Å². The van der Waals surface area contributed by atoms with Crippen molar-refractivity contribution in [2.75, 3.05) is 32.0 Å². The molecule has 100 valence electrons. The third-order valence-electron chi connectivity index (χ3n) is 3.92. The lowest BCUT2D eigenvalue weighted by Gasteiger charge is -2.13. The van der Waals surface area contributed by atoms with Gasteiger partial charge in [-0.3, -0.25) is 0 Å². The highest BCUT2D eigenvalue weighted by atomic mass is 15.2. The lowest BCUT2D eigenvalue weighted by Crippen LogP contribution is -2.19. The van der Waals surface area contributed by atoms with E-state index in [1.807, 2.05) is 13.0 Å². The van der Waals surface area contributed by atoms with Gasteiger partial charge in [0.15, 0.2) is 5.82 Å². The van der Waals surface area contributed by atoms with Gasteiger partial charge >= 0.3 is 0 Å². The van der Waals surface area contributed by atoms with Gasteiger partial charge in [-0.15, -0.1) is 5.10 Å². The Hall–Kier alpha value is -1.68. The number of hydrogen-bond donors (Lipinski definition) is 1. The molecule has 0 saturated carbocycles. The van der Waals surface area contributed by atoms with E-state index >= 15 is 0 Å². The van der Waals surface area contributed by atoms with Crippen LogP contribution in [0.2, 0.25) is 0 Å². The van der Waals surface area contributed by atoms with Crippen molar-refractivity contribution in [3.63, 3.8) is 0 Å². The molecule has 0 spiro atoms. The number of benzene rings is 1. The molecule has 0 bridgehead atoms. The lowest BCUT2D eigenvalue weighted by atomic mass is 10.1. The number of nitrogens with zero attached hydrogens (tertiary/aromatic N) is 3. The van der Waals surface area contributed by atoms with Crippen molar-refractivity contribution in [1.29, 1.82) is 0 Å². The first kappa shape index (κ1) is 12.4. The number of aryl methyl sites for hydroxylation is 1. The maximum absolute atomic E-state index is 4.31. The van der Waals surface area contributed by atoms with Crippen molar-refractivity contribution in [2.45, 2.75) is 13.3 Å². The number of fused-ring (bicyclic) bond motifs is 1. The van der Waals surface area contributed by atoms with Crippen LogP contribution in [0.3, 0.4) is 0 Å². The summed E-state index contributed by atoms with van der Waals surface area (Å²) < 4.78 is 0. The maximum atomic E-state index is 4.31. The van der Waals surface area contributed by atoms with E-state index in [0.29, 0.717) is 5.92 Å². The quantitative estimate of drug-likeness (QED) is 0.915. The Bertz CT molecular complexity index is 581. The molecule has 1 aromatic heterocycles. The zero-order chi connectivity index (χ0) is 13.2. The summed E-state index contributed by atoms with van der Waals surface area (Å²) in [6.07, 6.45) is 1.26. The van der Waals surface area contributed by atoms with Gasteiger partial charge < -0.3 is 10.2 Å². The molecule has 2 heterocycles. The second-order valence-electron chi connectivity index (χ2n) is 5.48. The SMILES string of the molecule is Cc1nnc(NCC2CCN(C)C2)c2ccccc12. The van der Waals surface area contributed by atoms with Gasteiger partial charge in [-0.2, -0.15) is 5.10 Å². The Labute approximate surface area is 113 Å². The minimum atomic E-state index is 0.715. The second-order valence-corrected chi connectivity index (χ2v) is 5.48. The van der Waals surface area contributed by atoms with Crippen molar-refractivity contribution in [3.05, 3.63) is 30.0 Å². The van der Waals surface area contributed by atoms with Crippen molar-refractivity contribution in [1.82, 2.24) is 15.1 Å². The number of likely N-dealkylation sites (tertiary alicyclic amines) is 1. The Morgan fingerprint density at radius 2 is 2.05 bits per heavy atom. The van der Waals surface area contributed by atoms with Crippen molar-refractivity contribution >= 4 is 16.6 Å². The molecule has 4 nitrogen and oxygen atoms in total. The summed E-state index contributed by atoms with van der Waals surface area (Å²) in [5.74, 6) is 1.63. The molecule has 4 heteroatoms. The number of anilines is 1. The fraction of sp³-hybridized carbons (Fsp3) is 0.467. The fourth-order valence-electron chi connectivity index (χ4n) is 2.80. The first-order valence-corrected chi connectivity index (χ1v) is 6.88. The molecule has 1 saturated heterocycles. The van der Waals surface area contributed by atoms with Crippen LogP contribution in [0.4, 0.5) is 5.82 Å². The van der Waals surface area contributed by atoms with E-state index in [1.165, 1.54) is 30.3 Å². The molecule has 1 unspecified atom stereocenters. The zero-order valence-electron chi connectivity index (χ0n) is 11.6. The van der Waals surface area contributed by atoms with Gasteiger partial charge in [-0.1, -0.05) is 24.3 Å². The van der Waals surface area contributed by atoms with Crippen molar-refractivity contribution in [3.8, 4) is 0 Å². The first-order chi connectivity index (χ1) is 9.24. The second kappa shape index (κ2) is 5.13. The monoisotopic (exact) mass is 256 g/mol. The van der Waals surface area contributed by atoms with Gasteiger partial charge in [-0.05, 0) is 32.9 Å². The molecule has 3 rings (SSSR count). The molecule has 0 radical (unpaired) electrons. The topological polar surface area (TPSA) is 41.1 Å². The summed E-state index contributed by atoms with van der Waals surface area (Å²) in [7, 11) is 2.18. The summed E-state index contributed by atoms with van der Waals surface area (Å²) in [5, 5.41) is 14.4. The summed E-state index contributed by atoms with van der Waals surface area (Å²) in [6, 6.07) is 8.32. The van der Waals surface area contributed by atoms with Crippen LogP contribution < -0.4 is 5.32 Å². The third kappa shape index (κ3) is 2.54. The standard InChI is InChI=1S/C15H20N4/c1-11-13-5-3-4-6-14(13)15(18-17-11)16-9-12-7-8-19(2)10-12/h3-6,12H,7-10H2,1-2H3,(H,16,18). The summed E-state index contributed by atoms with van der Waals surface area (Å²) >= 11 is 0. The number of nitrogens with one attached hydrogen (secondary N) is 1. The molecule has 0 amide bonds. The van der Waals surface area contributed by atoms with E-state index in [4.69, 9.17) is 0 Å². The van der Waals surface area contributed by atoms with Gasteiger partial charge in [0.1, 0.15) is 0 Å². The molecule has 1 aliphatic heterocycles. The Morgan fingerprint density at radius 3 is 2.79 bits per heavy atom. The molecular formula is C15H20N4. The van der Waals surface area contributed by atoms with E-state index in [9.17, 15) is 0 Å². The molecule has 1 N–H and O–H groups in total. The predicted molar refractivity (Wildman–Crippen MR) is 78.4 cm³/mol. The molecule has 1 fully saturated rings. The summed E-state index contributed by atoms with van der Waals surface area (Å²) in [5.41, 5.74) is 0.988. The van der Waals surface area contributed by atoms with Crippen LogP contribution in [-0.4, -0.2) is 41.8 Å². The largest absolute Gasteiger partial charge is 0.368 e. The van der Waals surface area contributed by atoms with Crippen LogP contribution in [0, 0.1) is 12.8 Å². The van der Waals surface area contributed by atoms with E-state index in [-0.39, 0.29) is 0 Å². The van der Waals surface area contributed by atoms with Gasteiger partial charge in [0.05, 0.1) is 5.69 Å². The zero-order valence-corrected chi connectivity index (χ0v) is 11.6. The van der Waals surface area contributed by atoms with Crippen LogP contribution >= 0.6 is 0 Å². The maximum Gasteiger partial charge on any atom is 0.156 e. The number of rotatable bonds is 3. The van der Waals surface area contributed by atoms with E-state index in [1.54, 1.807) is 0 Å². The predicted octanol–water partition coefficient (Wildman–Crippen LogP) is 2.30. The van der Waals surface area contributed by atoms with Crippen LogP contribution in [0.1, 0.15) is 12.1 Å². The minimum Gasteiger partial charge on any atom is -0.368 e. The van der Waals surface area contributed by atoms with Crippen molar-refractivity contribution in [2.24, 2.45) is 5.92 Å². The normalized spacial score (nSPS) is 20.0. The van der Waals surface area contributed by atoms with Gasteiger partial charge in [0.2, 0.25) is 0 Å². The molecule has 19 heavy (non-hydrogen) atoms. The van der Waals surface area contributed by atoms with Crippen LogP contribution in [0.5, 0.6) is 0 Å². The van der Waals surface area contributed by atoms with E-state index in [2.05, 4.69) is 45.7 Å². The number of aromatic nitrogens is 2. The van der Waals surface area contributed by atoms with Gasteiger partial charge in [0.25, 0.3) is 0 Å². The number of hydrogen-bond acceptors (Lipinski definition) is 4.